The van der Waals surface area contributed by atoms with E-state index in [9.17, 15) is 14.4 Å². The maximum absolute atomic E-state index is 13.7. The lowest BCUT2D eigenvalue weighted by Gasteiger charge is -2.36. The number of aliphatic hydroxyl groups excluding tert-OH is 1. The van der Waals surface area contributed by atoms with Crippen LogP contribution in [0.5, 0.6) is 0 Å². The van der Waals surface area contributed by atoms with Crippen molar-refractivity contribution in [1.29, 1.82) is 0 Å². The molecule has 8 heteroatoms. The molecule has 3 rings (SSSR count). The molecule has 3 fully saturated rings. The van der Waals surface area contributed by atoms with E-state index in [-0.39, 0.29) is 37.0 Å². The van der Waals surface area contributed by atoms with E-state index in [1.807, 2.05) is 20.8 Å². The molecule has 0 aromatic heterocycles. The standard InChI is InChI=1S/C24H40N2O6/c1-6-11-16(4)25-20(28)19-24-14-15(3)23(5,32-24)18(22(30)31-7-2)17(24)21(29)26(19)12-9-8-10-13-27/h15-19,27H,6-14H2,1-5H3,(H,25,28)/t15?,16?,17-,18-,19?,23+,24?/m0/s1. The topological polar surface area (TPSA) is 105 Å². The van der Waals surface area contributed by atoms with Gasteiger partial charge < -0.3 is 24.8 Å². The summed E-state index contributed by atoms with van der Waals surface area (Å²) in [6.45, 7) is 10.4. The summed E-state index contributed by atoms with van der Waals surface area (Å²) < 4.78 is 12.0. The Kier molecular flexibility index (Phi) is 7.55. The zero-order valence-corrected chi connectivity index (χ0v) is 20.2. The van der Waals surface area contributed by atoms with Gasteiger partial charge in [0.15, 0.2) is 0 Å². The molecule has 7 atom stereocenters. The molecule has 32 heavy (non-hydrogen) atoms. The maximum atomic E-state index is 13.7. The van der Waals surface area contributed by atoms with Gasteiger partial charge in [0.05, 0.1) is 18.1 Å². The Morgan fingerprint density at radius 3 is 2.66 bits per heavy atom. The molecule has 3 heterocycles. The van der Waals surface area contributed by atoms with Crippen molar-refractivity contribution in [3.05, 3.63) is 0 Å². The zero-order valence-electron chi connectivity index (χ0n) is 20.2. The van der Waals surface area contributed by atoms with Gasteiger partial charge in [-0.05, 0) is 58.8 Å². The maximum Gasteiger partial charge on any atom is 0.312 e. The smallest absolute Gasteiger partial charge is 0.312 e. The molecule has 4 unspecified atom stereocenters. The van der Waals surface area contributed by atoms with Crippen molar-refractivity contribution in [3.8, 4) is 0 Å². The Morgan fingerprint density at radius 1 is 1.31 bits per heavy atom. The second kappa shape index (κ2) is 9.67. The van der Waals surface area contributed by atoms with Crippen LogP contribution in [0.1, 0.15) is 73.1 Å². The lowest BCUT2D eigenvalue weighted by Crippen LogP contribution is -2.56. The molecule has 3 saturated heterocycles. The molecule has 2 bridgehead atoms. The third-order valence-corrected chi connectivity index (χ3v) is 7.77. The molecular weight excluding hydrogens is 412 g/mol. The SMILES string of the molecule is CCCC(C)NC(=O)C1N(CCCCCO)C(=O)[C@@H]2[C@@H](C(=O)OCC)[C@]3(C)OC12CC3C. The summed E-state index contributed by atoms with van der Waals surface area (Å²) >= 11 is 0. The Labute approximate surface area is 191 Å². The number of carbonyl (C=O) groups excluding carboxylic acids is 3. The fraction of sp³-hybridized carbons (Fsp3) is 0.875. The minimum atomic E-state index is -1.02. The molecule has 3 aliphatic heterocycles. The number of likely N-dealkylation sites (tertiary alicyclic amines) is 1. The summed E-state index contributed by atoms with van der Waals surface area (Å²) in [6.07, 6.45) is 4.44. The van der Waals surface area contributed by atoms with Gasteiger partial charge in [0.2, 0.25) is 11.8 Å². The van der Waals surface area contributed by atoms with Gasteiger partial charge in [0, 0.05) is 19.2 Å². The van der Waals surface area contributed by atoms with Crippen molar-refractivity contribution in [2.45, 2.75) is 96.4 Å². The second-order valence-electron chi connectivity index (χ2n) is 9.97. The molecule has 1 spiro atoms. The van der Waals surface area contributed by atoms with E-state index in [0.29, 0.717) is 25.8 Å². The Morgan fingerprint density at radius 2 is 2.03 bits per heavy atom. The molecular formula is C24H40N2O6. The zero-order chi connectivity index (χ0) is 23.7. The molecule has 2 amide bonds. The molecule has 0 aliphatic carbocycles. The second-order valence-corrected chi connectivity index (χ2v) is 9.97. The number of nitrogens with one attached hydrogen (secondary N) is 1. The third kappa shape index (κ3) is 3.94. The number of aliphatic hydroxyl groups is 1. The van der Waals surface area contributed by atoms with Crippen LogP contribution in [0.2, 0.25) is 0 Å². The van der Waals surface area contributed by atoms with Crippen LogP contribution >= 0.6 is 0 Å². The van der Waals surface area contributed by atoms with Crippen molar-refractivity contribution >= 4 is 17.8 Å². The minimum Gasteiger partial charge on any atom is -0.466 e. The van der Waals surface area contributed by atoms with E-state index in [2.05, 4.69) is 12.2 Å². The number of esters is 1. The normalized spacial score (nSPS) is 36.3. The highest BCUT2D eigenvalue weighted by atomic mass is 16.6. The Balaban J connectivity index is 1.97. The number of unbranched alkanes of at least 4 members (excludes halogenated alkanes) is 2. The highest BCUT2D eigenvalue weighted by Crippen LogP contribution is 2.65. The van der Waals surface area contributed by atoms with Crippen LogP contribution < -0.4 is 5.32 Å². The highest BCUT2D eigenvalue weighted by molar-refractivity contribution is 5.98. The first-order valence-corrected chi connectivity index (χ1v) is 12.3. The van der Waals surface area contributed by atoms with Crippen LogP contribution in [0.4, 0.5) is 0 Å². The first-order chi connectivity index (χ1) is 15.2. The van der Waals surface area contributed by atoms with Crippen molar-refractivity contribution in [3.63, 3.8) is 0 Å². The number of amides is 2. The van der Waals surface area contributed by atoms with E-state index < -0.39 is 35.0 Å². The van der Waals surface area contributed by atoms with Crippen molar-refractivity contribution in [2.75, 3.05) is 19.8 Å². The number of ether oxygens (including phenoxy) is 2. The van der Waals surface area contributed by atoms with Gasteiger partial charge >= 0.3 is 5.97 Å². The van der Waals surface area contributed by atoms with E-state index in [0.717, 1.165) is 19.3 Å². The fourth-order valence-electron chi connectivity index (χ4n) is 6.27. The van der Waals surface area contributed by atoms with Crippen LogP contribution in [-0.2, 0) is 23.9 Å². The summed E-state index contributed by atoms with van der Waals surface area (Å²) in [5.41, 5.74) is -1.85. The summed E-state index contributed by atoms with van der Waals surface area (Å²) in [4.78, 5) is 42.0. The van der Waals surface area contributed by atoms with Crippen molar-refractivity contribution in [1.82, 2.24) is 10.2 Å². The third-order valence-electron chi connectivity index (χ3n) is 7.77. The van der Waals surface area contributed by atoms with Crippen molar-refractivity contribution < 1.29 is 29.0 Å². The molecule has 8 nitrogen and oxygen atoms in total. The van der Waals surface area contributed by atoms with Crippen LogP contribution in [0, 0.1) is 17.8 Å². The fourth-order valence-corrected chi connectivity index (χ4v) is 6.27. The number of carbonyl (C=O) groups is 3. The number of hydrogen-bond acceptors (Lipinski definition) is 6. The van der Waals surface area contributed by atoms with Crippen LogP contribution in [0.3, 0.4) is 0 Å². The van der Waals surface area contributed by atoms with E-state index in [1.165, 1.54) is 0 Å². The Bertz CT molecular complexity index is 729. The molecule has 182 valence electrons. The van der Waals surface area contributed by atoms with Crippen LogP contribution in [-0.4, -0.2) is 70.8 Å². The monoisotopic (exact) mass is 452 g/mol. The highest BCUT2D eigenvalue weighted by Gasteiger charge is 2.80. The predicted molar refractivity (Wildman–Crippen MR) is 119 cm³/mol. The van der Waals surface area contributed by atoms with E-state index >= 15 is 0 Å². The average Bonchev–Trinajstić information content (AvgIpc) is 3.23. The van der Waals surface area contributed by atoms with Crippen LogP contribution in [0.15, 0.2) is 0 Å². The van der Waals surface area contributed by atoms with Gasteiger partial charge in [0.1, 0.15) is 17.6 Å². The summed E-state index contributed by atoms with van der Waals surface area (Å²) in [5, 5.41) is 12.2. The Hall–Kier alpha value is -1.67. The molecule has 0 aromatic carbocycles. The predicted octanol–water partition coefficient (Wildman–Crippen LogP) is 2.03. The number of hydrogen-bond donors (Lipinski definition) is 2. The van der Waals surface area contributed by atoms with Gasteiger partial charge in [-0.3, -0.25) is 14.4 Å². The minimum absolute atomic E-state index is 0.0123. The van der Waals surface area contributed by atoms with Crippen LogP contribution in [0.25, 0.3) is 0 Å². The summed E-state index contributed by atoms with van der Waals surface area (Å²) in [5.74, 6) is -2.22. The van der Waals surface area contributed by atoms with Gasteiger partial charge in [-0.25, -0.2) is 0 Å². The molecule has 0 radical (unpaired) electrons. The van der Waals surface area contributed by atoms with Gasteiger partial charge in [-0.15, -0.1) is 0 Å². The van der Waals surface area contributed by atoms with Gasteiger partial charge in [0.25, 0.3) is 0 Å². The molecule has 3 aliphatic rings. The van der Waals surface area contributed by atoms with E-state index in [4.69, 9.17) is 14.6 Å². The quantitative estimate of drug-likeness (QED) is 0.367. The van der Waals surface area contributed by atoms with Gasteiger partial charge in [-0.2, -0.15) is 0 Å². The molecule has 0 saturated carbocycles. The first-order valence-electron chi connectivity index (χ1n) is 12.3. The number of fused-ring (bicyclic) bond motifs is 1. The average molecular weight is 453 g/mol. The van der Waals surface area contributed by atoms with Gasteiger partial charge in [-0.1, -0.05) is 20.3 Å². The number of rotatable bonds is 11. The van der Waals surface area contributed by atoms with Crippen molar-refractivity contribution in [2.24, 2.45) is 17.8 Å². The molecule has 2 N–H and O–H groups in total. The molecule has 0 aromatic rings. The summed E-state index contributed by atoms with van der Waals surface area (Å²) in [6, 6.07) is -0.779. The first kappa shape index (κ1) is 25.0. The summed E-state index contributed by atoms with van der Waals surface area (Å²) in [7, 11) is 0. The lowest BCUT2D eigenvalue weighted by molar-refractivity contribution is -0.161. The van der Waals surface area contributed by atoms with E-state index in [1.54, 1.807) is 11.8 Å². The lowest BCUT2D eigenvalue weighted by atomic mass is 9.62. The largest absolute Gasteiger partial charge is 0.466 e. The number of nitrogens with zero attached hydrogens (tertiary/aromatic N) is 1.